The topological polar surface area (TPSA) is 55.4 Å². The highest BCUT2D eigenvalue weighted by Gasteiger charge is 2.38. The monoisotopic (exact) mass is 425 g/mol. The summed E-state index contributed by atoms with van der Waals surface area (Å²) in [5, 5.41) is 5.27. The summed E-state index contributed by atoms with van der Waals surface area (Å²) in [6.07, 6.45) is 2.41. The van der Waals surface area contributed by atoms with Crippen molar-refractivity contribution < 1.29 is 14.3 Å². The van der Waals surface area contributed by atoms with Crippen LogP contribution in [0.5, 0.6) is 5.75 Å². The van der Waals surface area contributed by atoms with Crippen LogP contribution in [0.4, 0.5) is 0 Å². The maximum absolute atomic E-state index is 13.4. The Morgan fingerprint density at radius 3 is 2.50 bits per heavy atom. The van der Waals surface area contributed by atoms with Gasteiger partial charge in [0.25, 0.3) is 0 Å². The molecule has 1 N–H and O–H groups in total. The largest absolute Gasteiger partial charge is 0.494 e. The summed E-state index contributed by atoms with van der Waals surface area (Å²) in [5.41, 5.74) is 3.76. The molecule has 162 valence electrons. The molecule has 0 radical (unpaired) electrons. The highest BCUT2D eigenvalue weighted by Crippen LogP contribution is 2.44. The molecule has 2 aliphatic rings. The molecule has 0 aromatic heterocycles. The average molecular weight is 426 g/mol. The fraction of sp³-hybridized carbons (Fsp3) is 0.286. The number of carbonyl (C=O) groups is 2. The minimum Gasteiger partial charge on any atom is -0.494 e. The van der Waals surface area contributed by atoms with E-state index in [4.69, 9.17) is 4.74 Å². The van der Waals surface area contributed by atoms with E-state index < -0.39 is 0 Å². The number of benzene rings is 3. The van der Waals surface area contributed by atoms with E-state index in [2.05, 4.69) is 36.5 Å². The van der Waals surface area contributed by atoms with Crippen molar-refractivity contribution in [2.75, 3.05) is 6.61 Å². The molecular formula is C28H27NO3. The summed E-state index contributed by atoms with van der Waals surface area (Å²) in [6.45, 7) is 2.77. The summed E-state index contributed by atoms with van der Waals surface area (Å²) in [6, 6.07) is 22.4. The molecule has 0 saturated heterocycles. The molecular weight excluding hydrogens is 398 g/mol. The molecule has 2 unspecified atom stereocenters. The summed E-state index contributed by atoms with van der Waals surface area (Å²) in [5.74, 6) is 0.842. The summed E-state index contributed by atoms with van der Waals surface area (Å²) in [7, 11) is 0. The van der Waals surface area contributed by atoms with Crippen LogP contribution in [0.25, 0.3) is 10.8 Å². The first kappa shape index (κ1) is 20.5. The van der Waals surface area contributed by atoms with Crippen molar-refractivity contribution in [1.82, 2.24) is 5.32 Å². The normalized spacial score (nSPS) is 20.8. The molecule has 5 rings (SSSR count). The van der Waals surface area contributed by atoms with E-state index in [0.717, 1.165) is 45.3 Å². The fourth-order valence-electron chi connectivity index (χ4n) is 5.07. The number of nitrogens with one attached hydrogen (secondary N) is 1. The Morgan fingerprint density at radius 1 is 0.906 bits per heavy atom. The highest BCUT2D eigenvalue weighted by atomic mass is 16.5. The number of allylic oxidation sites excluding steroid dienone is 2. The number of Topliss-reactive ketones (excluding diaryl/α,β-unsaturated/α-hetero) is 1. The molecule has 0 saturated carbocycles. The van der Waals surface area contributed by atoms with Gasteiger partial charge in [0.05, 0.1) is 6.61 Å². The van der Waals surface area contributed by atoms with Gasteiger partial charge in [0.2, 0.25) is 5.91 Å². The summed E-state index contributed by atoms with van der Waals surface area (Å²) < 4.78 is 5.68. The molecule has 4 nitrogen and oxygen atoms in total. The molecule has 1 aliphatic carbocycles. The lowest BCUT2D eigenvalue weighted by atomic mass is 9.73. The molecule has 2 atom stereocenters. The van der Waals surface area contributed by atoms with Crippen molar-refractivity contribution in [2.24, 2.45) is 0 Å². The van der Waals surface area contributed by atoms with Crippen molar-refractivity contribution in [1.29, 1.82) is 0 Å². The molecule has 1 heterocycles. The smallest absolute Gasteiger partial charge is 0.225 e. The van der Waals surface area contributed by atoms with Gasteiger partial charge in [-0.2, -0.15) is 0 Å². The van der Waals surface area contributed by atoms with Crippen molar-refractivity contribution in [3.05, 3.63) is 89.1 Å². The van der Waals surface area contributed by atoms with Gasteiger partial charge >= 0.3 is 0 Å². The van der Waals surface area contributed by atoms with Gasteiger partial charge in [-0.05, 0) is 52.8 Å². The van der Waals surface area contributed by atoms with Gasteiger partial charge in [-0.15, -0.1) is 0 Å². The maximum Gasteiger partial charge on any atom is 0.225 e. The van der Waals surface area contributed by atoms with E-state index >= 15 is 0 Å². The number of ketones is 1. The standard InChI is InChI=1S/C28H27NO3/c1-2-14-32-21-12-10-18(11-13-21)20-15-25-28(26(30)16-20)24(17-27(31)29-25)23-9-5-7-19-6-3-4-8-22(19)23/h3-13,20,24H,2,14-17H2,1H3,(H,29,31). The van der Waals surface area contributed by atoms with Crippen LogP contribution in [0, 0.1) is 0 Å². The van der Waals surface area contributed by atoms with Gasteiger partial charge in [0.1, 0.15) is 5.75 Å². The third kappa shape index (κ3) is 3.81. The van der Waals surface area contributed by atoms with Crippen LogP contribution < -0.4 is 10.1 Å². The van der Waals surface area contributed by atoms with Crippen LogP contribution in [0.3, 0.4) is 0 Å². The lowest BCUT2D eigenvalue weighted by Crippen LogP contribution is -2.38. The zero-order valence-corrected chi connectivity index (χ0v) is 18.3. The first-order valence-corrected chi connectivity index (χ1v) is 11.4. The number of hydrogen-bond donors (Lipinski definition) is 1. The minimum absolute atomic E-state index is 0.0153. The minimum atomic E-state index is -0.192. The fourth-order valence-corrected chi connectivity index (χ4v) is 5.07. The molecule has 3 aromatic carbocycles. The van der Waals surface area contributed by atoms with Gasteiger partial charge in [-0.25, -0.2) is 0 Å². The molecule has 32 heavy (non-hydrogen) atoms. The molecule has 0 bridgehead atoms. The Kier molecular flexibility index (Phi) is 5.52. The Balaban J connectivity index is 1.48. The number of rotatable bonds is 5. The first-order valence-electron chi connectivity index (χ1n) is 11.4. The Labute approximate surface area is 188 Å². The summed E-state index contributed by atoms with van der Waals surface area (Å²) >= 11 is 0. The second kappa shape index (κ2) is 8.62. The lowest BCUT2D eigenvalue weighted by molar-refractivity contribution is -0.122. The number of carbonyl (C=O) groups excluding carboxylic acids is 2. The molecule has 0 spiro atoms. The van der Waals surface area contributed by atoms with Crippen molar-refractivity contribution in [2.45, 2.75) is 44.4 Å². The van der Waals surface area contributed by atoms with Gasteiger partial charge in [0.15, 0.2) is 5.78 Å². The molecule has 3 aromatic rings. The number of fused-ring (bicyclic) bond motifs is 1. The van der Waals surface area contributed by atoms with Crippen LogP contribution in [0.15, 0.2) is 78.0 Å². The Hall–Kier alpha value is -3.40. The predicted octanol–water partition coefficient (Wildman–Crippen LogP) is 5.63. The van der Waals surface area contributed by atoms with E-state index in [1.54, 1.807) is 0 Å². The highest BCUT2D eigenvalue weighted by molar-refractivity contribution is 6.03. The van der Waals surface area contributed by atoms with Crippen LogP contribution in [0.2, 0.25) is 0 Å². The van der Waals surface area contributed by atoms with Crippen LogP contribution in [-0.2, 0) is 9.59 Å². The van der Waals surface area contributed by atoms with Gasteiger partial charge in [-0.1, -0.05) is 61.5 Å². The second-order valence-electron chi connectivity index (χ2n) is 8.71. The number of amides is 1. The van der Waals surface area contributed by atoms with E-state index in [1.165, 1.54) is 0 Å². The third-order valence-corrected chi connectivity index (χ3v) is 6.56. The van der Waals surface area contributed by atoms with Gasteiger partial charge in [0, 0.05) is 30.0 Å². The van der Waals surface area contributed by atoms with E-state index in [-0.39, 0.29) is 23.5 Å². The van der Waals surface area contributed by atoms with Gasteiger partial charge < -0.3 is 10.1 Å². The maximum atomic E-state index is 13.4. The Morgan fingerprint density at radius 2 is 1.69 bits per heavy atom. The number of hydrogen-bond acceptors (Lipinski definition) is 3. The van der Waals surface area contributed by atoms with Crippen molar-refractivity contribution >= 4 is 22.5 Å². The third-order valence-electron chi connectivity index (χ3n) is 6.56. The lowest BCUT2D eigenvalue weighted by Gasteiger charge is -2.35. The Bertz CT molecular complexity index is 1200. The summed E-state index contributed by atoms with van der Waals surface area (Å²) in [4.78, 5) is 26.1. The van der Waals surface area contributed by atoms with E-state index in [0.29, 0.717) is 25.9 Å². The second-order valence-corrected chi connectivity index (χ2v) is 8.71. The van der Waals surface area contributed by atoms with Crippen molar-refractivity contribution in [3.63, 3.8) is 0 Å². The van der Waals surface area contributed by atoms with Crippen LogP contribution in [0.1, 0.15) is 55.6 Å². The number of ether oxygens (including phenoxy) is 1. The van der Waals surface area contributed by atoms with Gasteiger partial charge in [-0.3, -0.25) is 9.59 Å². The first-order chi connectivity index (χ1) is 15.6. The average Bonchev–Trinajstić information content (AvgIpc) is 2.82. The van der Waals surface area contributed by atoms with Crippen molar-refractivity contribution in [3.8, 4) is 5.75 Å². The van der Waals surface area contributed by atoms with E-state index in [1.807, 2.05) is 42.5 Å². The molecule has 4 heteroatoms. The SMILES string of the molecule is CCCOc1ccc(C2CC(=O)C3=C(C2)NC(=O)CC3c2cccc3ccccc23)cc1. The predicted molar refractivity (Wildman–Crippen MR) is 126 cm³/mol. The zero-order chi connectivity index (χ0) is 22.1. The molecule has 0 fully saturated rings. The zero-order valence-electron chi connectivity index (χ0n) is 18.3. The van der Waals surface area contributed by atoms with E-state index in [9.17, 15) is 9.59 Å². The van der Waals surface area contributed by atoms with Crippen LogP contribution in [-0.4, -0.2) is 18.3 Å². The quantitative estimate of drug-likeness (QED) is 0.576. The molecule has 1 amide bonds. The van der Waals surface area contributed by atoms with Crippen LogP contribution >= 0.6 is 0 Å². The molecule has 1 aliphatic heterocycles.